The number of carboxylic acids is 1. The fraction of sp³-hybridized carbons (Fsp3) is 0.529. The van der Waals surface area contributed by atoms with Crippen LogP contribution in [-0.2, 0) is 9.22 Å². The third kappa shape index (κ3) is 5.96. The van der Waals surface area contributed by atoms with Crippen LogP contribution < -0.4 is 0 Å². The van der Waals surface area contributed by atoms with Crippen LogP contribution >= 0.6 is 0 Å². The molecule has 0 aliphatic carbocycles. The maximum Gasteiger partial charge on any atom is 0.440 e. The molecule has 1 N–H and O–H groups in total. The molecule has 0 amide bonds. The molecule has 1 rings (SSSR count). The largest absolute Gasteiger partial charge is 0.477 e. The second-order valence-electron chi connectivity index (χ2n) is 7.28. The maximum absolute atomic E-state index is 13.0. The smallest absolute Gasteiger partial charge is 0.440 e. The Morgan fingerprint density at radius 3 is 2.12 bits per heavy atom. The summed E-state index contributed by atoms with van der Waals surface area (Å²) >= 11 is 0. The van der Waals surface area contributed by atoms with Crippen LogP contribution in [0, 0.1) is 0 Å². The van der Waals surface area contributed by atoms with Gasteiger partial charge in [-0.3, -0.25) is 4.99 Å². The molecule has 0 fully saturated rings. The summed E-state index contributed by atoms with van der Waals surface area (Å²) in [7, 11) is -2.22. The minimum atomic E-state index is -5.03. The monoisotopic (exact) mass is 375 g/mol. The molecule has 1 unspecified atom stereocenters. The first-order valence-electron chi connectivity index (χ1n) is 7.83. The lowest BCUT2D eigenvalue weighted by Crippen LogP contribution is -2.42. The van der Waals surface area contributed by atoms with E-state index < -0.39 is 32.2 Å². The van der Waals surface area contributed by atoms with Gasteiger partial charge in [0.05, 0.1) is 12.6 Å². The average molecular weight is 375 g/mol. The molecule has 4 nitrogen and oxygen atoms in total. The third-order valence-corrected chi connectivity index (χ3v) is 8.85. The van der Waals surface area contributed by atoms with Crippen molar-refractivity contribution in [2.45, 2.75) is 51.1 Å². The lowest BCUT2D eigenvalue weighted by Gasteiger charge is -2.37. The molecule has 140 valence electrons. The molecule has 0 saturated carbocycles. The number of carboxylic acid groups (broad SMARTS) is 1. The van der Waals surface area contributed by atoms with E-state index in [1.54, 1.807) is 30.3 Å². The molecule has 0 spiro atoms. The van der Waals surface area contributed by atoms with Crippen LogP contribution in [0.2, 0.25) is 18.1 Å². The van der Waals surface area contributed by atoms with Crippen molar-refractivity contribution in [3.05, 3.63) is 35.9 Å². The molecule has 1 aromatic rings. The zero-order chi connectivity index (χ0) is 19.5. The van der Waals surface area contributed by atoms with Crippen LogP contribution in [0.15, 0.2) is 35.3 Å². The molecule has 1 aromatic carbocycles. The van der Waals surface area contributed by atoms with Gasteiger partial charge in [-0.1, -0.05) is 51.1 Å². The summed E-state index contributed by atoms with van der Waals surface area (Å²) in [4.78, 5) is 14.5. The van der Waals surface area contributed by atoms with Gasteiger partial charge in [0.25, 0.3) is 0 Å². The van der Waals surface area contributed by atoms with Crippen molar-refractivity contribution in [2.75, 3.05) is 6.61 Å². The molecule has 0 aliphatic heterocycles. The van der Waals surface area contributed by atoms with Crippen molar-refractivity contribution in [1.82, 2.24) is 0 Å². The predicted octanol–water partition coefficient (Wildman–Crippen LogP) is 4.84. The minimum absolute atomic E-state index is 0.104. The fourth-order valence-corrected chi connectivity index (χ4v) is 2.80. The van der Waals surface area contributed by atoms with Gasteiger partial charge in [0.15, 0.2) is 8.32 Å². The van der Waals surface area contributed by atoms with Crippen LogP contribution in [-0.4, -0.2) is 37.9 Å². The second kappa shape index (κ2) is 7.70. The number of benzene rings is 1. The molecule has 0 bridgehead atoms. The Labute approximate surface area is 146 Å². The van der Waals surface area contributed by atoms with Crippen molar-refractivity contribution >= 4 is 20.0 Å². The minimum Gasteiger partial charge on any atom is -0.477 e. The normalized spacial score (nSPS) is 15.1. The molecule has 0 heterocycles. The van der Waals surface area contributed by atoms with Crippen LogP contribution in [0.1, 0.15) is 32.4 Å². The molecule has 8 heteroatoms. The summed E-state index contributed by atoms with van der Waals surface area (Å²) in [5, 5.41) is 8.75. The fourth-order valence-electron chi connectivity index (χ4n) is 1.79. The highest BCUT2D eigenvalue weighted by Gasteiger charge is 2.42. The lowest BCUT2D eigenvalue weighted by molar-refractivity contribution is -0.133. The number of aliphatic carboxylic acids is 1. The van der Waals surface area contributed by atoms with E-state index in [0.717, 1.165) is 0 Å². The molecule has 0 saturated heterocycles. The summed E-state index contributed by atoms with van der Waals surface area (Å²) in [6, 6.07) is 7.23. The van der Waals surface area contributed by atoms with Gasteiger partial charge >= 0.3 is 12.1 Å². The van der Waals surface area contributed by atoms with E-state index in [9.17, 15) is 18.0 Å². The highest BCUT2D eigenvalue weighted by molar-refractivity contribution is 6.74. The first kappa shape index (κ1) is 21.4. The van der Waals surface area contributed by atoms with Crippen LogP contribution in [0.5, 0.6) is 0 Å². The number of carbonyl (C=O) groups is 1. The van der Waals surface area contributed by atoms with Crippen molar-refractivity contribution in [3.63, 3.8) is 0 Å². The Bertz CT molecular complexity index is 622. The van der Waals surface area contributed by atoms with E-state index in [1.165, 1.54) is 0 Å². The van der Waals surface area contributed by atoms with E-state index in [4.69, 9.17) is 9.53 Å². The van der Waals surface area contributed by atoms with E-state index >= 15 is 0 Å². The Hall–Kier alpha value is -1.67. The van der Waals surface area contributed by atoms with Gasteiger partial charge in [-0.2, -0.15) is 13.2 Å². The van der Waals surface area contributed by atoms with Crippen molar-refractivity contribution in [3.8, 4) is 0 Å². The molecule has 25 heavy (non-hydrogen) atoms. The van der Waals surface area contributed by atoms with Gasteiger partial charge in [0.2, 0.25) is 5.71 Å². The summed E-state index contributed by atoms with van der Waals surface area (Å²) in [6.07, 6.45) is -5.03. The molecular weight excluding hydrogens is 351 g/mol. The molecular formula is C17H24F3NO3Si. The summed E-state index contributed by atoms with van der Waals surface area (Å²) < 4.78 is 44.9. The van der Waals surface area contributed by atoms with E-state index in [1.807, 2.05) is 33.9 Å². The topological polar surface area (TPSA) is 58.9 Å². The number of rotatable bonds is 6. The Morgan fingerprint density at radius 2 is 1.72 bits per heavy atom. The Morgan fingerprint density at radius 1 is 1.20 bits per heavy atom. The first-order chi connectivity index (χ1) is 11.3. The van der Waals surface area contributed by atoms with Gasteiger partial charge in [0.1, 0.15) is 0 Å². The van der Waals surface area contributed by atoms with Gasteiger partial charge in [0, 0.05) is 0 Å². The lowest BCUT2D eigenvalue weighted by atomic mass is 10.1. The maximum atomic E-state index is 13.0. The van der Waals surface area contributed by atoms with Gasteiger partial charge in [-0.25, -0.2) is 4.79 Å². The van der Waals surface area contributed by atoms with Gasteiger partial charge < -0.3 is 9.53 Å². The molecule has 0 aromatic heterocycles. The van der Waals surface area contributed by atoms with E-state index in [2.05, 4.69) is 4.99 Å². The average Bonchev–Trinajstić information content (AvgIpc) is 2.45. The summed E-state index contributed by atoms with van der Waals surface area (Å²) in [5.74, 6) is -2.10. The second-order valence-corrected chi connectivity index (χ2v) is 12.1. The zero-order valence-corrected chi connectivity index (χ0v) is 16.0. The number of alkyl halides is 3. The van der Waals surface area contributed by atoms with Gasteiger partial charge in [-0.05, 0) is 23.7 Å². The van der Waals surface area contributed by atoms with Gasteiger partial charge in [-0.15, -0.1) is 0 Å². The molecule has 0 radical (unpaired) electrons. The first-order valence-corrected chi connectivity index (χ1v) is 10.7. The molecule has 0 aliphatic rings. The standard InChI is InChI=1S/C17H24F3NO3Si/c1-16(2,3)25(4,5)24-11-13(12-9-7-6-8-10-12)21-14(15(22)23)17(18,19)20/h6-10,13H,11H2,1-5H3,(H,22,23). The Balaban J connectivity index is 3.22. The van der Waals surface area contributed by atoms with Crippen molar-refractivity contribution < 1.29 is 27.5 Å². The van der Waals surface area contributed by atoms with Crippen LogP contribution in [0.4, 0.5) is 13.2 Å². The zero-order valence-electron chi connectivity index (χ0n) is 15.0. The molecule has 1 atom stereocenters. The summed E-state index contributed by atoms with van der Waals surface area (Å²) in [5.41, 5.74) is -1.34. The number of halogens is 3. The number of hydrogen-bond acceptors (Lipinski definition) is 3. The van der Waals surface area contributed by atoms with Crippen molar-refractivity contribution in [1.29, 1.82) is 0 Å². The van der Waals surface area contributed by atoms with E-state index in [-0.39, 0.29) is 11.6 Å². The van der Waals surface area contributed by atoms with Crippen LogP contribution in [0.3, 0.4) is 0 Å². The highest BCUT2D eigenvalue weighted by Crippen LogP contribution is 2.37. The number of aliphatic imine (C=N–C) groups is 1. The SMILES string of the molecule is CC(C)(C)[Si](C)(C)OCC(N=C(C(=O)O)C(F)(F)F)c1ccccc1. The van der Waals surface area contributed by atoms with Crippen molar-refractivity contribution in [2.24, 2.45) is 4.99 Å². The van der Waals surface area contributed by atoms with Crippen LogP contribution in [0.25, 0.3) is 0 Å². The summed E-state index contributed by atoms with van der Waals surface area (Å²) in [6.45, 7) is 9.88. The van der Waals surface area contributed by atoms with E-state index in [0.29, 0.717) is 5.56 Å². The predicted molar refractivity (Wildman–Crippen MR) is 93.5 cm³/mol. The quantitative estimate of drug-likeness (QED) is 0.572. The highest BCUT2D eigenvalue weighted by atomic mass is 28.4. The number of nitrogens with zero attached hydrogens (tertiary/aromatic N) is 1. The number of hydrogen-bond donors (Lipinski definition) is 1. The third-order valence-electron chi connectivity index (χ3n) is 4.35. The Kier molecular flexibility index (Phi) is 6.58.